The number of para-hydroxylation sites is 2. The van der Waals surface area contributed by atoms with E-state index in [1.165, 1.54) is 24.3 Å². The molecule has 1 heterocycles. The number of ether oxygens (including phenoxy) is 4. The second-order valence-electron chi connectivity index (χ2n) is 7.23. The van der Waals surface area contributed by atoms with Gasteiger partial charge in [-0.15, -0.1) is 0 Å². The predicted octanol–water partition coefficient (Wildman–Crippen LogP) is 5.68. The lowest BCUT2D eigenvalue weighted by Crippen LogP contribution is -2.06. The molecule has 0 aliphatic carbocycles. The summed E-state index contributed by atoms with van der Waals surface area (Å²) < 4.78 is 35.3. The van der Waals surface area contributed by atoms with Crippen molar-refractivity contribution in [2.45, 2.75) is 6.42 Å². The predicted molar refractivity (Wildman–Crippen MR) is 127 cm³/mol. The van der Waals surface area contributed by atoms with Crippen LogP contribution in [0.15, 0.2) is 77.4 Å². The highest BCUT2D eigenvalue weighted by Crippen LogP contribution is 2.28. The Morgan fingerprint density at radius 3 is 2.41 bits per heavy atom. The van der Waals surface area contributed by atoms with Gasteiger partial charge < -0.3 is 18.9 Å². The first-order valence-electron chi connectivity index (χ1n) is 10.5. The van der Waals surface area contributed by atoms with Crippen LogP contribution in [-0.4, -0.2) is 32.2 Å². The van der Waals surface area contributed by atoms with E-state index in [-0.39, 0.29) is 11.6 Å². The highest BCUT2D eigenvalue weighted by molar-refractivity contribution is 6.30. The normalized spacial score (nSPS) is 14.0. The van der Waals surface area contributed by atoms with Gasteiger partial charge in [0.2, 0.25) is 5.90 Å². The molecule has 0 amide bonds. The minimum atomic E-state index is -0.615. The highest BCUT2D eigenvalue weighted by atomic mass is 35.5. The number of rotatable bonds is 9. The molecule has 0 radical (unpaired) electrons. The Kier molecular flexibility index (Phi) is 7.44. The summed E-state index contributed by atoms with van der Waals surface area (Å²) in [5, 5.41) is 0.479. The van der Waals surface area contributed by atoms with Crippen LogP contribution in [0.5, 0.6) is 17.2 Å². The average Bonchev–Trinajstić information content (AvgIpc) is 3.20. The van der Waals surface area contributed by atoms with Crippen molar-refractivity contribution in [3.8, 4) is 17.2 Å². The van der Waals surface area contributed by atoms with E-state index in [0.717, 1.165) is 0 Å². The third kappa shape index (κ3) is 5.74. The standard InChI is InChI=1S/C26H21ClFNO5/c1-31-23-5-2-3-6-24(23)33-14-4-13-32-22-12-9-19(27)15-18(22)16-21-26(30)34-25(29-21)17-7-10-20(28)11-8-17/h2-3,5-12,15-16H,4,13-14H2,1H3/b21-16+. The molecule has 0 fully saturated rings. The second kappa shape index (κ2) is 10.9. The summed E-state index contributed by atoms with van der Waals surface area (Å²) in [4.78, 5) is 16.6. The van der Waals surface area contributed by atoms with Crippen LogP contribution in [0.3, 0.4) is 0 Å². The molecular weight excluding hydrogens is 461 g/mol. The van der Waals surface area contributed by atoms with Crippen molar-refractivity contribution >= 4 is 29.5 Å². The summed E-state index contributed by atoms with van der Waals surface area (Å²) in [7, 11) is 1.59. The van der Waals surface area contributed by atoms with Gasteiger partial charge in [0.05, 0.1) is 20.3 Å². The number of carbonyl (C=O) groups excluding carboxylic acids is 1. The van der Waals surface area contributed by atoms with Crippen molar-refractivity contribution in [2.75, 3.05) is 20.3 Å². The first kappa shape index (κ1) is 23.3. The van der Waals surface area contributed by atoms with Crippen molar-refractivity contribution < 1.29 is 28.1 Å². The van der Waals surface area contributed by atoms with E-state index in [0.29, 0.717) is 53.0 Å². The monoisotopic (exact) mass is 481 g/mol. The van der Waals surface area contributed by atoms with Crippen molar-refractivity contribution in [1.82, 2.24) is 0 Å². The van der Waals surface area contributed by atoms with Crippen LogP contribution in [0.2, 0.25) is 5.02 Å². The molecule has 0 saturated heterocycles. The van der Waals surface area contributed by atoms with Gasteiger partial charge >= 0.3 is 5.97 Å². The van der Waals surface area contributed by atoms with Crippen LogP contribution in [0.25, 0.3) is 6.08 Å². The van der Waals surface area contributed by atoms with Crippen LogP contribution in [0.1, 0.15) is 17.5 Å². The fraction of sp³-hybridized carbons (Fsp3) is 0.154. The zero-order valence-corrected chi connectivity index (χ0v) is 19.0. The van der Waals surface area contributed by atoms with E-state index in [1.54, 1.807) is 31.4 Å². The Bertz CT molecular complexity index is 1240. The lowest BCUT2D eigenvalue weighted by molar-refractivity contribution is -0.129. The Morgan fingerprint density at radius 2 is 1.68 bits per heavy atom. The summed E-state index contributed by atoms with van der Waals surface area (Å²) >= 11 is 6.15. The zero-order chi connectivity index (χ0) is 23.9. The fourth-order valence-corrected chi connectivity index (χ4v) is 3.38. The van der Waals surface area contributed by atoms with Gasteiger partial charge in [-0.25, -0.2) is 14.2 Å². The van der Waals surface area contributed by atoms with Gasteiger partial charge in [-0.3, -0.25) is 0 Å². The maximum absolute atomic E-state index is 13.2. The van der Waals surface area contributed by atoms with E-state index in [9.17, 15) is 9.18 Å². The molecule has 0 N–H and O–H groups in total. The molecule has 4 rings (SSSR count). The topological polar surface area (TPSA) is 66.3 Å². The third-order valence-corrected chi connectivity index (χ3v) is 5.08. The van der Waals surface area contributed by atoms with Gasteiger partial charge in [-0.1, -0.05) is 23.7 Å². The van der Waals surface area contributed by atoms with Gasteiger partial charge in [0.25, 0.3) is 0 Å². The molecule has 0 saturated carbocycles. The minimum absolute atomic E-state index is 0.0888. The van der Waals surface area contributed by atoms with E-state index in [2.05, 4.69) is 4.99 Å². The summed E-state index contributed by atoms with van der Waals surface area (Å²) in [6, 6.07) is 18.0. The number of benzene rings is 3. The highest BCUT2D eigenvalue weighted by Gasteiger charge is 2.24. The number of methoxy groups -OCH3 is 1. The van der Waals surface area contributed by atoms with Gasteiger partial charge in [0.15, 0.2) is 17.2 Å². The van der Waals surface area contributed by atoms with Crippen LogP contribution < -0.4 is 14.2 Å². The van der Waals surface area contributed by atoms with Crippen LogP contribution in [-0.2, 0) is 9.53 Å². The number of halogens is 2. The second-order valence-corrected chi connectivity index (χ2v) is 7.66. The van der Waals surface area contributed by atoms with E-state index in [4.69, 9.17) is 30.5 Å². The van der Waals surface area contributed by atoms with E-state index < -0.39 is 11.8 Å². The average molecular weight is 482 g/mol. The lowest BCUT2D eigenvalue weighted by Gasteiger charge is -2.12. The van der Waals surface area contributed by atoms with E-state index in [1.807, 2.05) is 24.3 Å². The van der Waals surface area contributed by atoms with Gasteiger partial charge in [0, 0.05) is 22.6 Å². The van der Waals surface area contributed by atoms with Crippen LogP contribution >= 0.6 is 11.6 Å². The molecule has 1 aliphatic heterocycles. The number of esters is 1. The van der Waals surface area contributed by atoms with Crippen LogP contribution in [0, 0.1) is 5.82 Å². The molecule has 174 valence electrons. The molecule has 0 unspecified atom stereocenters. The van der Waals surface area contributed by atoms with Crippen LogP contribution in [0.4, 0.5) is 4.39 Å². The van der Waals surface area contributed by atoms with Crippen molar-refractivity contribution in [2.24, 2.45) is 4.99 Å². The number of hydrogen-bond acceptors (Lipinski definition) is 6. The number of hydrogen-bond donors (Lipinski definition) is 0. The minimum Gasteiger partial charge on any atom is -0.493 e. The Morgan fingerprint density at radius 1 is 0.971 bits per heavy atom. The number of aliphatic imine (C=N–C) groups is 1. The Hall–Kier alpha value is -3.84. The van der Waals surface area contributed by atoms with Crippen molar-refractivity contribution in [1.29, 1.82) is 0 Å². The van der Waals surface area contributed by atoms with Crippen molar-refractivity contribution in [3.05, 3.63) is 94.4 Å². The SMILES string of the molecule is COc1ccccc1OCCCOc1ccc(Cl)cc1/C=C1/N=C(c2ccc(F)cc2)OC1=O. The molecule has 1 aliphatic rings. The first-order chi connectivity index (χ1) is 16.5. The number of cyclic esters (lactones) is 1. The third-order valence-electron chi connectivity index (χ3n) is 4.85. The largest absolute Gasteiger partial charge is 0.493 e. The molecule has 0 bridgehead atoms. The molecule has 3 aromatic rings. The molecule has 8 heteroatoms. The maximum atomic E-state index is 13.2. The molecule has 0 aromatic heterocycles. The van der Waals surface area contributed by atoms with Gasteiger partial charge in [0.1, 0.15) is 11.6 Å². The van der Waals surface area contributed by atoms with E-state index >= 15 is 0 Å². The summed E-state index contributed by atoms with van der Waals surface area (Å²) in [5.41, 5.74) is 1.16. The molecule has 6 nitrogen and oxygen atoms in total. The van der Waals surface area contributed by atoms with Gasteiger partial charge in [-0.05, 0) is 60.7 Å². The summed E-state index contributed by atoms with van der Waals surface area (Å²) in [6.07, 6.45) is 2.16. The summed E-state index contributed by atoms with van der Waals surface area (Å²) in [6.45, 7) is 0.809. The Balaban J connectivity index is 1.42. The molecular formula is C26H21ClFNO5. The molecule has 0 spiro atoms. The first-order valence-corrected chi connectivity index (χ1v) is 10.9. The summed E-state index contributed by atoms with van der Waals surface area (Å²) in [5.74, 6) is 0.964. The Labute approximate surface area is 201 Å². The fourth-order valence-electron chi connectivity index (χ4n) is 3.20. The molecule has 34 heavy (non-hydrogen) atoms. The maximum Gasteiger partial charge on any atom is 0.363 e. The molecule has 3 aromatic carbocycles. The number of nitrogens with zero attached hydrogens (tertiary/aromatic N) is 1. The van der Waals surface area contributed by atoms with Gasteiger partial charge in [-0.2, -0.15) is 0 Å². The lowest BCUT2D eigenvalue weighted by atomic mass is 10.1. The molecule has 0 atom stereocenters. The van der Waals surface area contributed by atoms with Crippen molar-refractivity contribution in [3.63, 3.8) is 0 Å². The zero-order valence-electron chi connectivity index (χ0n) is 18.3. The quantitative estimate of drug-likeness (QED) is 0.223. The number of carbonyl (C=O) groups is 1. The smallest absolute Gasteiger partial charge is 0.363 e.